The van der Waals surface area contributed by atoms with Crippen LogP contribution in [0.4, 0.5) is 0 Å². The van der Waals surface area contributed by atoms with Gasteiger partial charge in [-0.3, -0.25) is 9.78 Å². The molecule has 2 aromatic rings. The van der Waals surface area contributed by atoms with Crippen molar-refractivity contribution in [2.75, 3.05) is 13.7 Å². The number of methoxy groups -OCH3 is 1. The largest absolute Gasteiger partial charge is 0.488 e. The highest BCUT2D eigenvalue weighted by atomic mass is 16.5. The molecule has 0 radical (unpaired) electrons. The van der Waals surface area contributed by atoms with Crippen molar-refractivity contribution in [3.63, 3.8) is 0 Å². The molecule has 1 heterocycles. The van der Waals surface area contributed by atoms with Gasteiger partial charge in [-0.25, -0.2) is 4.79 Å². The van der Waals surface area contributed by atoms with Gasteiger partial charge in [0.25, 0.3) is 5.91 Å². The van der Waals surface area contributed by atoms with E-state index in [9.17, 15) is 14.7 Å². The third-order valence-corrected chi connectivity index (χ3v) is 4.04. The molecule has 1 atom stereocenters. The fourth-order valence-electron chi connectivity index (χ4n) is 2.68. The number of carbonyl (C=O) groups is 2. The summed E-state index contributed by atoms with van der Waals surface area (Å²) in [4.78, 5) is 27.8. The molecule has 2 N–H and O–H groups in total. The highest BCUT2D eigenvalue weighted by Gasteiger charge is 2.21. The summed E-state index contributed by atoms with van der Waals surface area (Å²) in [6, 6.07) is 6.14. The number of hydrogen-bond donors (Lipinski definition) is 2. The van der Waals surface area contributed by atoms with Crippen molar-refractivity contribution < 1.29 is 24.2 Å². The number of hydrogen-bond acceptors (Lipinski definition) is 5. The average Bonchev–Trinajstić information content (AvgIpc) is 2.64. The number of benzene rings is 1. The van der Waals surface area contributed by atoms with Gasteiger partial charge < -0.3 is 19.9 Å². The van der Waals surface area contributed by atoms with E-state index >= 15 is 0 Å². The zero-order valence-corrected chi connectivity index (χ0v) is 15.7. The van der Waals surface area contributed by atoms with Crippen LogP contribution in [0.5, 0.6) is 5.75 Å². The molecule has 0 aliphatic carbocycles. The lowest BCUT2D eigenvalue weighted by atomic mass is 10.0. The van der Waals surface area contributed by atoms with Gasteiger partial charge in [-0.15, -0.1) is 0 Å². The fourth-order valence-corrected chi connectivity index (χ4v) is 2.68. The van der Waals surface area contributed by atoms with Gasteiger partial charge in [-0.2, -0.15) is 0 Å². The number of carboxylic acids is 1. The van der Waals surface area contributed by atoms with Crippen LogP contribution in [0.2, 0.25) is 0 Å². The van der Waals surface area contributed by atoms with E-state index in [-0.39, 0.29) is 13.0 Å². The predicted octanol–water partition coefficient (Wildman–Crippen LogP) is 2.50. The molecule has 2 rings (SSSR count). The molecule has 27 heavy (non-hydrogen) atoms. The average molecular weight is 372 g/mol. The van der Waals surface area contributed by atoms with Gasteiger partial charge in [0.05, 0.1) is 0 Å². The summed E-state index contributed by atoms with van der Waals surface area (Å²) in [5, 5.41) is 11.8. The van der Waals surface area contributed by atoms with Crippen molar-refractivity contribution in [3.05, 3.63) is 58.9 Å². The van der Waals surface area contributed by atoms with E-state index < -0.39 is 17.9 Å². The van der Waals surface area contributed by atoms with Crippen LogP contribution in [-0.2, 0) is 16.1 Å². The number of ether oxygens (including phenoxy) is 2. The molecule has 144 valence electrons. The van der Waals surface area contributed by atoms with Gasteiger partial charge in [0, 0.05) is 43.7 Å². The van der Waals surface area contributed by atoms with Crippen LogP contribution in [-0.4, -0.2) is 41.7 Å². The van der Waals surface area contributed by atoms with Crippen LogP contribution >= 0.6 is 0 Å². The minimum atomic E-state index is -1.09. The number of amides is 1. The normalized spacial score (nSPS) is 11.7. The summed E-state index contributed by atoms with van der Waals surface area (Å²) in [6.45, 7) is 4.32. The molecular formula is C20H24N2O5. The summed E-state index contributed by atoms with van der Waals surface area (Å²) < 4.78 is 10.8. The van der Waals surface area contributed by atoms with Crippen molar-refractivity contribution in [2.24, 2.45) is 0 Å². The Bertz CT molecular complexity index is 769. The molecule has 0 aliphatic rings. The first kappa shape index (κ1) is 20.4. The minimum absolute atomic E-state index is 0.196. The van der Waals surface area contributed by atoms with E-state index in [2.05, 4.69) is 10.3 Å². The lowest BCUT2D eigenvalue weighted by Gasteiger charge is -2.16. The molecule has 1 aromatic heterocycles. The third-order valence-electron chi connectivity index (χ3n) is 4.04. The van der Waals surface area contributed by atoms with Crippen molar-refractivity contribution in [1.29, 1.82) is 0 Å². The molecule has 1 amide bonds. The highest BCUT2D eigenvalue weighted by Crippen LogP contribution is 2.26. The van der Waals surface area contributed by atoms with E-state index in [1.54, 1.807) is 24.5 Å². The van der Waals surface area contributed by atoms with E-state index in [1.165, 1.54) is 7.11 Å². The Hall–Kier alpha value is -2.93. The Morgan fingerprint density at radius 1 is 1.26 bits per heavy atom. The second kappa shape index (κ2) is 9.68. The standard InChI is InChI=1S/C20H24N2O5/c1-13-9-16(19(23)22-17(20(24)25)6-8-26-3)10-14(2)18(13)27-12-15-5-4-7-21-11-15/h4-5,7,9-11,17H,6,8,12H2,1-3H3,(H,22,23)(H,24,25). The topological polar surface area (TPSA) is 97.8 Å². The third kappa shape index (κ3) is 5.79. The van der Waals surface area contributed by atoms with Crippen LogP contribution in [0.25, 0.3) is 0 Å². The SMILES string of the molecule is COCCC(NC(=O)c1cc(C)c(OCc2cccnc2)c(C)c1)C(=O)O. The quantitative estimate of drug-likeness (QED) is 0.702. The number of pyridine rings is 1. The van der Waals surface area contributed by atoms with Crippen LogP contribution in [0, 0.1) is 13.8 Å². The summed E-state index contributed by atoms with van der Waals surface area (Å²) in [5.74, 6) is -0.835. The molecule has 7 nitrogen and oxygen atoms in total. The van der Waals surface area contributed by atoms with Crippen LogP contribution in [0.3, 0.4) is 0 Å². The first-order valence-corrected chi connectivity index (χ1v) is 8.58. The molecule has 1 unspecified atom stereocenters. The Balaban J connectivity index is 2.10. The number of aromatic nitrogens is 1. The summed E-state index contributed by atoms with van der Waals surface area (Å²) >= 11 is 0. The maximum atomic E-state index is 12.5. The van der Waals surface area contributed by atoms with Crippen LogP contribution < -0.4 is 10.1 Å². The first-order chi connectivity index (χ1) is 12.9. The van der Waals surface area contributed by atoms with Gasteiger partial charge in [-0.05, 0) is 43.2 Å². The smallest absolute Gasteiger partial charge is 0.326 e. The number of rotatable bonds is 9. The Labute approximate surface area is 158 Å². The van der Waals surface area contributed by atoms with Crippen LogP contribution in [0.1, 0.15) is 33.5 Å². The summed E-state index contributed by atoms with van der Waals surface area (Å²) in [7, 11) is 1.48. The van der Waals surface area contributed by atoms with Crippen molar-refractivity contribution >= 4 is 11.9 Å². The van der Waals surface area contributed by atoms with Gasteiger partial charge in [0.1, 0.15) is 18.4 Å². The molecule has 0 saturated carbocycles. The maximum Gasteiger partial charge on any atom is 0.326 e. The van der Waals surface area contributed by atoms with E-state index in [1.807, 2.05) is 26.0 Å². The zero-order valence-electron chi connectivity index (χ0n) is 15.7. The van der Waals surface area contributed by atoms with E-state index in [4.69, 9.17) is 9.47 Å². The molecule has 0 aliphatic heterocycles. The van der Waals surface area contributed by atoms with E-state index in [0.29, 0.717) is 17.9 Å². The molecule has 0 saturated heterocycles. The van der Waals surface area contributed by atoms with Crippen molar-refractivity contribution in [2.45, 2.75) is 32.9 Å². The van der Waals surface area contributed by atoms with Gasteiger partial charge in [-0.1, -0.05) is 6.07 Å². The number of carboxylic acid groups (broad SMARTS) is 1. The summed E-state index contributed by atoms with van der Waals surface area (Å²) in [6.07, 6.45) is 3.63. The lowest BCUT2D eigenvalue weighted by Crippen LogP contribution is -2.41. The molecule has 0 fully saturated rings. The number of aliphatic carboxylic acids is 1. The molecule has 0 bridgehead atoms. The highest BCUT2D eigenvalue weighted by molar-refractivity contribution is 5.97. The van der Waals surface area contributed by atoms with Gasteiger partial charge in [0.2, 0.25) is 0 Å². The Morgan fingerprint density at radius 2 is 1.96 bits per heavy atom. The summed E-state index contributed by atoms with van der Waals surface area (Å²) in [5.41, 5.74) is 2.93. The Morgan fingerprint density at radius 3 is 2.52 bits per heavy atom. The monoisotopic (exact) mass is 372 g/mol. The number of nitrogens with zero attached hydrogens (tertiary/aromatic N) is 1. The zero-order chi connectivity index (χ0) is 19.8. The van der Waals surface area contributed by atoms with Crippen LogP contribution in [0.15, 0.2) is 36.7 Å². The molecule has 0 spiro atoms. The van der Waals surface area contributed by atoms with Gasteiger partial charge >= 0.3 is 5.97 Å². The van der Waals surface area contributed by atoms with Gasteiger partial charge in [0.15, 0.2) is 0 Å². The van der Waals surface area contributed by atoms with E-state index in [0.717, 1.165) is 16.7 Å². The predicted molar refractivity (Wildman–Crippen MR) is 99.9 cm³/mol. The second-order valence-electron chi connectivity index (χ2n) is 6.23. The minimum Gasteiger partial charge on any atom is -0.488 e. The maximum absolute atomic E-state index is 12.5. The van der Waals surface area contributed by atoms with Crippen molar-refractivity contribution in [1.82, 2.24) is 10.3 Å². The second-order valence-corrected chi connectivity index (χ2v) is 6.23. The molecule has 7 heteroatoms. The molecule has 1 aromatic carbocycles. The molecular weight excluding hydrogens is 348 g/mol. The number of aryl methyl sites for hydroxylation is 2. The lowest BCUT2D eigenvalue weighted by molar-refractivity contribution is -0.139. The fraction of sp³-hybridized carbons (Fsp3) is 0.350. The number of carbonyl (C=O) groups excluding carboxylic acids is 1. The number of nitrogens with one attached hydrogen (secondary N) is 1. The van der Waals surface area contributed by atoms with Crippen molar-refractivity contribution in [3.8, 4) is 5.75 Å². The Kier molecular flexibility index (Phi) is 7.31. The first-order valence-electron chi connectivity index (χ1n) is 8.58.